The summed E-state index contributed by atoms with van der Waals surface area (Å²) in [5.74, 6) is -0.442. The van der Waals surface area contributed by atoms with Crippen molar-refractivity contribution in [1.82, 2.24) is 25.2 Å². The lowest BCUT2D eigenvalue weighted by Gasteiger charge is -2.33. The van der Waals surface area contributed by atoms with E-state index in [1.807, 2.05) is 0 Å². The van der Waals surface area contributed by atoms with Crippen molar-refractivity contribution in [2.75, 3.05) is 44.2 Å². The van der Waals surface area contributed by atoms with Crippen LogP contribution in [0.3, 0.4) is 0 Å². The predicted molar refractivity (Wildman–Crippen MR) is 153 cm³/mol. The Hall–Kier alpha value is -3.70. The number of phenols is 1. The van der Waals surface area contributed by atoms with Crippen LogP contribution in [-0.4, -0.2) is 82.0 Å². The van der Waals surface area contributed by atoms with E-state index in [9.17, 15) is 9.50 Å². The number of rotatable bonds is 5. The quantitative estimate of drug-likeness (QED) is 0.357. The molecule has 8 nitrogen and oxygen atoms in total. The lowest BCUT2D eigenvalue weighted by atomic mass is 9.95. The minimum atomic E-state index is -0.901. The fraction of sp³-hybridized carbons (Fsp3) is 0.452. The Labute approximate surface area is 240 Å². The minimum absolute atomic E-state index is 0.00859. The second-order valence-corrected chi connectivity index (χ2v) is 12.3. The highest BCUT2D eigenvalue weighted by Crippen LogP contribution is 2.42. The van der Waals surface area contributed by atoms with E-state index < -0.39 is 23.3 Å². The Morgan fingerprint density at radius 1 is 1.14 bits per heavy atom. The van der Waals surface area contributed by atoms with Crippen molar-refractivity contribution in [3.63, 3.8) is 0 Å². The van der Waals surface area contributed by atoms with Gasteiger partial charge in [-0.3, -0.25) is 9.88 Å². The average molecular weight is 577 g/mol. The molecule has 0 radical (unpaired) electrons. The van der Waals surface area contributed by atoms with E-state index in [0.717, 1.165) is 38.9 Å². The zero-order chi connectivity index (χ0) is 28.6. The first-order valence-corrected chi connectivity index (χ1v) is 14.6. The number of pyridine rings is 1. The summed E-state index contributed by atoms with van der Waals surface area (Å²) in [4.78, 5) is 18.0. The maximum Gasteiger partial charge on any atom is 0.319 e. The highest BCUT2D eigenvalue weighted by Gasteiger charge is 2.49. The molecule has 4 aliphatic rings. The van der Waals surface area contributed by atoms with Gasteiger partial charge in [-0.05, 0) is 55.3 Å². The zero-order valence-electron chi connectivity index (χ0n) is 23.0. The number of ether oxygens (including phenoxy) is 1. The first-order valence-electron chi connectivity index (χ1n) is 14.6. The van der Waals surface area contributed by atoms with Crippen molar-refractivity contribution >= 4 is 27.5 Å². The molecule has 2 unspecified atom stereocenters. The van der Waals surface area contributed by atoms with Gasteiger partial charge in [-0.15, -0.1) is 0 Å². The standard InChI is InChI=1S/C31H31F3N6O2/c32-19-10-31(5-2-6-40(31)14-19)16-42-30-37-28-23(29(38-30)39-13-17-7-20(15-39)35-11-17)12-36-27(26(28)34)22-9-21(41)8-18-3-1-4-24(33)25(18)22/h1,3-4,8-9,12,17,19-20,35,41H,2,5-7,10-11,13-16H2/t17?,19-,20?,31+/m1/s1. The van der Waals surface area contributed by atoms with Gasteiger partial charge in [0.15, 0.2) is 5.82 Å². The van der Waals surface area contributed by atoms with Crippen molar-refractivity contribution < 1.29 is 23.0 Å². The molecule has 11 heteroatoms. The van der Waals surface area contributed by atoms with Crippen molar-refractivity contribution in [2.45, 2.75) is 43.4 Å². The third-order valence-electron chi connectivity index (χ3n) is 9.57. The second-order valence-electron chi connectivity index (χ2n) is 12.3. The highest BCUT2D eigenvalue weighted by atomic mass is 19.1. The van der Waals surface area contributed by atoms with Crippen LogP contribution in [0, 0.1) is 17.6 Å². The number of anilines is 1. The van der Waals surface area contributed by atoms with Crippen molar-refractivity contribution in [3.8, 4) is 23.0 Å². The third-order valence-corrected chi connectivity index (χ3v) is 9.57. The van der Waals surface area contributed by atoms with E-state index in [1.54, 1.807) is 6.07 Å². The Balaban J connectivity index is 1.26. The van der Waals surface area contributed by atoms with Crippen LogP contribution in [0.1, 0.15) is 25.7 Å². The maximum atomic E-state index is 16.5. The summed E-state index contributed by atoms with van der Waals surface area (Å²) >= 11 is 0. The maximum absolute atomic E-state index is 16.5. The van der Waals surface area contributed by atoms with Crippen LogP contribution in [0.25, 0.3) is 32.9 Å². The summed E-state index contributed by atoms with van der Waals surface area (Å²) in [5.41, 5.74) is -0.396. The molecule has 0 spiro atoms. The van der Waals surface area contributed by atoms with Crippen molar-refractivity contribution in [1.29, 1.82) is 0 Å². The molecule has 4 saturated heterocycles. The van der Waals surface area contributed by atoms with Gasteiger partial charge in [0.1, 0.15) is 41.4 Å². The number of piperidine rings is 1. The van der Waals surface area contributed by atoms with E-state index in [2.05, 4.69) is 25.1 Å². The molecule has 0 aliphatic carbocycles. The molecular weight excluding hydrogens is 545 g/mol. The average Bonchev–Trinajstić information content (AvgIpc) is 3.61. The van der Waals surface area contributed by atoms with E-state index >= 15 is 8.78 Å². The number of aromatic nitrogens is 3. The van der Waals surface area contributed by atoms with Gasteiger partial charge in [-0.1, -0.05) is 12.1 Å². The fourth-order valence-corrected chi connectivity index (χ4v) is 7.72. The third kappa shape index (κ3) is 4.16. The number of alkyl halides is 1. The molecule has 4 fully saturated rings. The van der Waals surface area contributed by atoms with Gasteiger partial charge in [-0.25, -0.2) is 13.2 Å². The first kappa shape index (κ1) is 26.0. The Bertz CT molecular complexity index is 1710. The molecule has 4 atom stereocenters. The van der Waals surface area contributed by atoms with Crippen LogP contribution in [0.5, 0.6) is 11.8 Å². The van der Waals surface area contributed by atoms with Crippen LogP contribution in [-0.2, 0) is 0 Å². The van der Waals surface area contributed by atoms with Gasteiger partial charge in [0.05, 0.1) is 10.9 Å². The van der Waals surface area contributed by atoms with Gasteiger partial charge < -0.3 is 20.1 Å². The van der Waals surface area contributed by atoms with Crippen LogP contribution < -0.4 is 15.0 Å². The summed E-state index contributed by atoms with van der Waals surface area (Å²) in [5, 5.41) is 14.9. The summed E-state index contributed by atoms with van der Waals surface area (Å²) in [6, 6.07) is 7.57. The topological polar surface area (TPSA) is 86.6 Å². The molecule has 2 aromatic heterocycles. The summed E-state index contributed by atoms with van der Waals surface area (Å²) in [6.45, 7) is 3.82. The molecular formula is C31H31F3N6O2. The molecule has 2 N–H and O–H groups in total. The number of halogens is 3. The van der Waals surface area contributed by atoms with Gasteiger partial charge >= 0.3 is 6.01 Å². The summed E-state index contributed by atoms with van der Waals surface area (Å²) < 4.78 is 52.2. The summed E-state index contributed by atoms with van der Waals surface area (Å²) in [7, 11) is 0. The number of aromatic hydroxyl groups is 1. The fourth-order valence-electron chi connectivity index (χ4n) is 7.72. The highest BCUT2D eigenvalue weighted by molar-refractivity contribution is 6.00. The van der Waals surface area contributed by atoms with E-state index in [0.29, 0.717) is 48.1 Å². The number of nitrogens with zero attached hydrogens (tertiary/aromatic N) is 5. The van der Waals surface area contributed by atoms with Gasteiger partial charge in [0.2, 0.25) is 0 Å². The van der Waals surface area contributed by atoms with Gasteiger partial charge in [0, 0.05) is 55.8 Å². The minimum Gasteiger partial charge on any atom is -0.508 e. The molecule has 2 bridgehead atoms. The normalized spacial score (nSPS) is 27.3. The number of hydrogen-bond acceptors (Lipinski definition) is 8. The number of hydrogen-bond donors (Lipinski definition) is 2. The molecule has 4 aromatic rings. The Morgan fingerprint density at radius 3 is 2.93 bits per heavy atom. The first-order chi connectivity index (χ1) is 20.4. The molecule has 2 aromatic carbocycles. The van der Waals surface area contributed by atoms with Crippen LogP contribution >= 0.6 is 0 Å². The lowest BCUT2D eigenvalue weighted by molar-refractivity contribution is 0.107. The molecule has 8 rings (SSSR count). The van der Waals surface area contributed by atoms with Crippen molar-refractivity contribution in [3.05, 3.63) is 48.2 Å². The van der Waals surface area contributed by atoms with Crippen LogP contribution in [0.15, 0.2) is 36.5 Å². The SMILES string of the molecule is Oc1cc(-c2ncc3c(N4CC5CNC(C5)C4)nc(OC[C@@]45CCCN4C[C@H](F)C5)nc3c2F)c2c(F)cccc2c1. The Morgan fingerprint density at radius 2 is 2.05 bits per heavy atom. The van der Waals surface area contributed by atoms with E-state index in [1.165, 1.54) is 30.5 Å². The number of benzene rings is 2. The number of phenolic OH excluding ortho intramolecular Hbond substituents is 1. The number of fused-ring (bicyclic) bond motifs is 5. The lowest BCUT2D eigenvalue weighted by Crippen LogP contribution is -2.44. The van der Waals surface area contributed by atoms with Crippen LogP contribution in [0.2, 0.25) is 0 Å². The van der Waals surface area contributed by atoms with E-state index in [-0.39, 0.29) is 40.5 Å². The molecule has 218 valence electrons. The van der Waals surface area contributed by atoms with Crippen LogP contribution in [0.4, 0.5) is 19.0 Å². The summed E-state index contributed by atoms with van der Waals surface area (Å²) in [6.07, 6.45) is 3.90. The van der Waals surface area contributed by atoms with E-state index in [4.69, 9.17) is 9.72 Å². The second kappa shape index (κ2) is 9.67. The smallest absolute Gasteiger partial charge is 0.319 e. The predicted octanol–water partition coefficient (Wildman–Crippen LogP) is 4.58. The molecule has 0 saturated carbocycles. The number of nitrogens with one attached hydrogen (secondary N) is 1. The van der Waals surface area contributed by atoms with Crippen molar-refractivity contribution in [2.24, 2.45) is 5.92 Å². The molecule has 4 aliphatic heterocycles. The van der Waals surface area contributed by atoms with Gasteiger partial charge in [0.25, 0.3) is 0 Å². The largest absolute Gasteiger partial charge is 0.508 e. The zero-order valence-corrected chi connectivity index (χ0v) is 23.0. The molecule has 6 heterocycles. The van der Waals surface area contributed by atoms with Gasteiger partial charge in [-0.2, -0.15) is 9.97 Å². The Kier molecular flexibility index (Phi) is 5.98. The molecule has 0 amide bonds. The molecule has 42 heavy (non-hydrogen) atoms. The monoisotopic (exact) mass is 576 g/mol.